The highest BCUT2D eigenvalue weighted by atomic mass is 35.5. The van der Waals surface area contributed by atoms with E-state index in [4.69, 9.17) is 21.1 Å². The van der Waals surface area contributed by atoms with Crippen molar-refractivity contribution in [2.75, 3.05) is 25.6 Å². The predicted molar refractivity (Wildman–Crippen MR) is 56.2 cm³/mol. The molecule has 1 heterocycles. The summed E-state index contributed by atoms with van der Waals surface area (Å²) in [6, 6.07) is 6.07. The molecule has 0 saturated carbocycles. The van der Waals surface area contributed by atoms with Gasteiger partial charge in [-0.15, -0.1) is 0 Å². The van der Waals surface area contributed by atoms with Crippen molar-refractivity contribution >= 4 is 17.3 Å². The van der Waals surface area contributed by atoms with Gasteiger partial charge in [0.25, 0.3) is 0 Å². The van der Waals surface area contributed by atoms with Crippen LogP contribution in [0.1, 0.15) is 0 Å². The van der Waals surface area contributed by atoms with E-state index in [9.17, 15) is 0 Å². The lowest BCUT2D eigenvalue weighted by atomic mass is 10.2. The first-order valence-corrected chi connectivity index (χ1v) is 4.85. The van der Waals surface area contributed by atoms with Crippen LogP contribution in [0.3, 0.4) is 0 Å². The smallest absolute Gasteiger partial charge is 0.137 e. The molecule has 0 atom stereocenters. The fourth-order valence-corrected chi connectivity index (χ4v) is 1.57. The van der Waals surface area contributed by atoms with Crippen molar-refractivity contribution in [2.45, 2.75) is 6.04 Å². The van der Waals surface area contributed by atoms with Gasteiger partial charge in [0.05, 0.1) is 31.4 Å². The minimum atomic E-state index is 0.416. The summed E-state index contributed by atoms with van der Waals surface area (Å²) in [6.45, 7) is 1.54. The van der Waals surface area contributed by atoms with E-state index in [1.807, 2.05) is 18.2 Å². The largest absolute Gasteiger partial charge is 0.495 e. The number of rotatable bonds is 3. The quantitative estimate of drug-likeness (QED) is 0.835. The lowest BCUT2D eigenvalue weighted by molar-refractivity contribution is 0.0211. The van der Waals surface area contributed by atoms with Crippen LogP contribution in [0.4, 0.5) is 5.69 Å². The molecule has 76 valence electrons. The summed E-state index contributed by atoms with van der Waals surface area (Å²) in [5, 5.41) is 3.93. The first-order valence-electron chi connectivity index (χ1n) is 4.47. The second-order valence-corrected chi connectivity index (χ2v) is 3.64. The van der Waals surface area contributed by atoms with E-state index < -0.39 is 0 Å². The highest BCUT2D eigenvalue weighted by Crippen LogP contribution is 2.27. The van der Waals surface area contributed by atoms with Gasteiger partial charge in [0.15, 0.2) is 0 Å². The van der Waals surface area contributed by atoms with Crippen LogP contribution in [0, 0.1) is 0 Å². The van der Waals surface area contributed by atoms with Gasteiger partial charge in [-0.1, -0.05) is 11.6 Å². The summed E-state index contributed by atoms with van der Waals surface area (Å²) >= 11 is 5.98. The molecule has 0 unspecified atom stereocenters. The minimum absolute atomic E-state index is 0.416. The standard InChI is InChI=1S/C10H12ClNO2/c1-13-10-3-2-7(4-9(10)11)12-8-5-14-6-8/h2-4,8,12H,5-6H2,1H3. The molecular weight excluding hydrogens is 202 g/mol. The van der Waals surface area contributed by atoms with Gasteiger partial charge >= 0.3 is 0 Å². The van der Waals surface area contributed by atoms with E-state index in [2.05, 4.69) is 5.32 Å². The molecular formula is C10H12ClNO2. The van der Waals surface area contributed by atoms with Gasteiger partial charge < -0.3 is 14.8 Å². The first kappa shape index (κ1) is 9.62. The van der Waals surface area contributed by atoms with E-state index in [1.165, 1.54) is 0 Å². The molecule has 1 N–H and O–H groups in total. The Labute approximate surface area is 88.0 Å². The number of benzene rings is 1. The number of ether oxygens (including phenoxy) is 2. The summed E-state index contributed by atoms with van der Waals surface area (Å²) in [5.74, 6) is 0.696. The van der Waals surface area contributed by atoms with Crippen LogP contribution in [-0.4, -0.2) is 26.4 Å². The molecule has 0 aromatic heterocycles. The van der Waals surface area contributed by atoms with Gasteiger partial charge in [-0.2, -0.15) is 0 Å². The topological polar surface area (TPSA) is 30.5 Å². The Hall–Kier alpha value is -0.930. The molecule has 1 fully saturated rings. The molecule has 0 radical (unpaired) electrons. The number of methoxy groups -OCH3 is 1. The lowest BCUT2D eigenvalue weighted by Crippen LogP contribution is -2.40. The second kappa shape index (κ2) is 4.07. The fourth-order valence-electron chi connectivity index (χ4n) is 1.31. The molecule has 4 heteroatoms. The molecule has 0 bridgehead atoms. The summed E-state index contributed by atoms with van der Waals surface area (Å²) in [6.07, 6.45) is 0. The highest BCUT2D eigenvalue weighted by molar-refractivity contribution is 6.32. The zero-order chi connectivity index (χ0) is 9.97. The average Bonchev–Trinajstić information content (AvgIpc) is 2.12. The molecule has 3 nitrogen and oxygen atoms in total. The van der Waals surface area contributed by atoms with Gasteiger partial charge in [0, 0.05) is 5.69 Å². The molecule has 0 aliphatic carbocycles. The predicted octanol–water partition coefficient (Wildman–Crippen LogP) is 2.16. The van der Waals surface area contributed by atoms with Crippen LogP contribution >= 0.6 is 11.6 Å². The van der Waals surface area contributed by atoms with E-state index >= 15 is 0 Å². The summed E-state index contributed by atoms with van der Waals surface area (Å²) in [4.78, 5) is 0. The maximum absolute atomic E-state index is 5.98. The maximum atomic E-state index is 5.98. The molecule has 1 aromatic rings. The normalized spacial score (nSPS) is 16.1. The monoisotopic (exact) mass is 213 g/mol. The number of hydrogen-bond donors (Lipinski definition) is 1. The Morgan fingerprint density at radius 1 is 1.50 bits per heavy atom. The van der Waals surface area contributed by atoms with Gasteiger partial charge in [0.2, 0.25) is 0 Å². The van der Waals surface area contributed by atoms with Crippen LogP contribution in [0.25, 0.3) is 0 Å². The van der Waals surface area contributed by atoms with Crippen LogP contribution in [0.15, 0.2) is 18.2 Å². The third-order valence-electron chi connectivity index (χ3n) is 2.16. The molecule has 0 amide bonds. The van der Waals surface area contributed by atoms with Crippen LogP contribution < -0.4 is 10.1 Å². The molecule has 1 aromatic carbocycles. The lowest BCUT2D eigenvalue weighted by Gasteiger charge is -2.27. The van der Waals surface area contributed by atoms with Crippen LogP contribution in [0.5, 0.6) is 5.75 Å². The Bertz CT molecular complexity index is 326. The molecule has 1 aliphatic heterocycles. The minimum Gasteiger partial charge on any atom is -0.495 e. The van der Waals surface area contributed by atoms with Crippen molar-refractivity contribution in [3.63, 3.8) is 0 Å². The van der Waals surface area contributed by atoms with Crippen molar-refractivity contribution in [2.24, 2.45) is 0 Å². The third-order valence-corrected chi connectivity index (χ3v) is 2.46. The van der Waals surface area contributed by atoms with Crippen molar-refractivity contribution < 1.29 is 9.47 Å². The SMILES string of the molecule is COc1ccc(NC2COC2)cc1Cl. The maximum Gasteiger partial charge on any atom is 0.137 e. The number of hydrogen-bond acceptors (Lipinski definition) is 3. The molecule has 1 aliphatic rings. The fraction of sp³-hybridized carbons (Fsp3) is 0.400. The van der Waals surface area contributed by atoms with E-state index in [-0.39, 0.29) is 0 Å². The highest BCUT2D eigenvalue weighted by Gasteiger charge is 2.17. The zero-order valence-electron chi connectivity index (χ0n) is 7.92. The molecule has 2 rings (SSSR count). The van der Waals surface area contributed by atoms with Gasteiger partial charge in [-0.25, -0.2) is 0 Å². The number of nitrogens with one attached hydrogen (secondary N) is 1. The number of anilines is 1. The van der Waals surface area contributed by atoms with Crippen LogP contribution in [0.2, 0.25) is 5.02 Å². The zero-order valence-corrected chi connectivity index (χ0v) is 8.67. The summed E-state index contributed by atoms with van der Waals surface area (Å²) in [7, 11) is 1.61. The first-order chi connectivity index (χ1) is 6.79. The Balaban J connectivity index is 2.07. The van der Waals surface area contributed by atoms with Crippen molar-refractivity contribution in [1.82, 2.24) is 0 Å². The molecule has 1 saturated heterocycles. The van der Waals surface area contributed by atoms with Gasteiger partial charge in [-0.3, -0.25) is 0 Å². The van der Waals surface area contributed by atoms with E-state index in [1.54, 1.807) is 7.11 Å². The third kappa shape index (κ3) is 1.94. The van der Waals surface area contributed by atoms with Crippen molar-refractivity contribution in [3.05, 3.63) is 23.2 Å². The van der Waals surface area contributed by atoms with E-state index in [0.29, 0.717) is 16.8 Å². The van der Waals surface area contributed by atoms with Gasteiger partial charge in [0.1, 0.15) is 5.75 Å². The molecule has 0 spiro atoms. The Kier molecular flexibility index (Phi) is 2.79. The summed E-state index contributed by atoms with van der Waals surface area (Å²) < 4.78 is 10.1. The Morgan fingerprint density at radius 2 is 2.29 bits per heavy atom. The average molecular weight is 214 g/mol. The Morgan fingerprint density at radius 3 is 2.79 bits per heavy atom. The van der Waals surface area contributed by atoms with Crippen LogP contribution in [-0.2, 0) is 4.74 Å². The van der Waals surface area contributed by atoms with Crippen molar-refractivity contribution in [1.29, 1.82) is 0 Å². The second-order valence-electron chi connectivity index (χ2n) is 3.23. The summed E-state index contributed by atoms with van der Waals surface area (Å²) in [5.41, 5.74) is 1.00. The van der Waals surface area contributed by atoms with E-state index in [0.717, 1.165) is 18.9 Å². The van der Waals surface area contributed by atoms with Crippen molar-refractivity contribution in [3.8, 4) is 5.75 Å². The molecule has 14 heavy (non-hydrogen) atoms. The van der Waals surface area contributed by atoms with Gasteiger partial charge in [-0.05, 0) is 18.2 Å². The number of halogens is 1.